The molecule has 34 heavy (non-hydrogen) atoms. The highest BCUT2D eigenvalue weighted by molar-refractivity contribution is 7.99. The van der Waals surface area contributed by atoms with E-state index in [-0.39, 0.29) is 0 Å². The van der Waals surface area contributed by atoms with E-state index in [1.807, 2.05) is 6.07 Å². The summed E-state index contributed by atoms with van der Waals surface area (Å²) in [5.41, 5.74) is 2.70. The maximum Gasteiger partial charge on any atom is 0.261 e. The number of benzene rings is 2. The van der Waals surface area contributed by atoms with Crippen LogP contribution < -0.4 is 10.1 Å². The first-order valence-corrected chi connectivity index (χ1v) is 15.1. The lowest BCUT2D eigenvalue weighted by molar-refractivity contribution is 0.170. The zero-order chi connectivity index (χ0) is 25.5. The van der Waals surface area contributed by atoms with Gasteiger partial charge in [0.25, 0.3) is 20.2 Å². The number of piperazine rings is 1. The predicted octanol–water partition coefficient (Wildman–Crippen LogP) is 3.01. The Balaban J connectivity index is 0.000000347. The van der Waals surface area contributed by atoms with E-state index in [2.05, 4.69) is 40.5 Å². The number of methoxy groups -OCH3 is 1. The number of hydrogen-bond acceptors (Lipinski definition) is 8. The smallest absolute Gasteiger partial charge is 0.261 e. The molecule has 0 bridgehead atoms. The second-order valence-corrected chi connectivity index (χ2v) is 12.1. The van der Waals surface area contributed by atoms with Crippen LogP contribution in [0.5, 0.6) is 5.75 Å². The summed E-state index contributed by atoms with van der Waals surface area (Å²) in [6.07, 6.45) is 2.42. The third kappa shape index (κ3) is 10.1. The quantitative estimate of drug-likeness (QED) is 0.477. The summed E-state index contributed by atoms with van der Waals surface area (Å²) < 4.78 is 57.4. The minimum Gasteiger partial charge on any atom is -0.496 e. The van der Waals surface area contributed by atoms with Crippen LogP contribution in [0.4, 0.5) is 0 Å². The van der Waals surface area contributed by atoms with Crippen molar-refractivity contribution in [2.24, 2.45) is 0 Å². The molecule has 3 N–H and O–H groups in total. The average molecular weight is 553 g/mol. The second-order valence-electron chi connectivity index (χ2n) is 7.70. The van der Waals surface area contributed by atoms with Crippen molar-refractivity contribution in [3.8, 4) is 5.75 Å². The Labute approximate surface area is 210 Å². The third-order valence-electron chi connectivity index (χ3n) is 4.83. The molecule has 4 rings (SSSR count). The molecule has 0 aliphatic carbocycles. The minimum atomic E-state index is -3.67. The highest BCUT2D eigenvalue weighted by Crippen LogP contribution is 2.47. The molecule has 13 heteroatoms. The summed E-state index contributed by atoms with van der Waals surface area (Å²) >= 11 is 8.08. The van der Waals surface area contributed by atoms with Gasteiger partial charge in [0.2, 0.25) is 0 Å². The molecule has 0 spiro atoms. The first kappa shape index (κ1) is 28.9. The Hall–Kier alpha value is -1.38. The van der Waals surface area contributed by atoms with Crippen molar-refractivity contribution in [1.29, 1.82) is 0 Å². The lowest BCUT2D eigenvalue weighted by Crippen LogP contribution is -2.45. The predicted molar refractivity (Wildman–Crippen MR) is 134 cm³/mol. The zero-order valence-electron chi connectivity index (χ0n) is 19.1. The van der Waals surface area contributed by atoms with Gasteiger partial charge in [0, 0.05) is 42.1 Å². The highest BCUT2D eigenvalue weighted by Gasteiger charge is 2.30. The summed E-state index contributed by atoms with van der Waals surface area (Å²) in [4.78, 5) is 5.11. The van der Waals surface area contributed by atoms with Gasteiger partial charge in [-0.1, -0.05) is 35.5 Å². The van der Waals surface area contributed by atoms with Gasteiger partial charge in [0.1, 0.15) is 5.75 Å². The molecule has 1 atom stereocenters. The van der Waals surface area contributed by atoms with Crippen molar-refractivity contribution in [3.63, 3.8) is 0 Å². The van der Waals surface area contributed by atoms with Crippen molar-refractivity contribution in [2.75, 3.05) is 45.8 Å². The Morgan fingerprint density at radius 1 is 1.06 bits per heavy atom. The van der Waals surface area contributed by atoms with Crippen molar-refractivity contribution >= 4 is 43.6 Å². The topological polar surface area (TPSA) is 133 Å². The average Bonchev–Trinajstić information content (AvgIpc) is 2.88. The number of rotatable bonds is 2. The molecular formula is C21H29ClN2O7S3. The monoisotopic (exact) mass is 552 g/mol. The molecule has 0 amide bonds. The van der Waals surface area contributed by atoms with E-state index < -0.39 is 20.2 Å². The largest absolute Gasteiger partial charge is 0.496 e. The van der Waals surface area contributed by atoms with Crippen LogP contribution in [0.3, 0.4) is 0 Å². The fraction of sp³-hybridized carbons (Fsp3) is 0.429. The van der Waals surface area contributed by atoms with Crippen LogP contribution in [-0.4, -0.2) is 76.6 Å². The molecule has 190 valence electrons. The number of nitrogens with zero attached hydrogens (tertiary/aromatic N) is 1. The van der Waals surface area contributed by atoms with E-state index >= 15 is 0 Å². The van der Waals surface area contributed by atoms with Crippen LogP contribution in [0.1, 0.15) is 17.2 Å². The number of fused-ring (bicyclic) bond motifs is 2. The van der Waals surface area contributed by atoms with Gasteiger partial charge in [-0.2, -0.15) is 16.8 Å². The van der Waals surface area contributed by atoms with Crippen LogP contribution >= 0.6 is 23.4 Å². The molecule has 0 aromatic heterocycles. The SMILES string of the molecule is COc1cccc2c1Sc1ccc(Cl)cc1CC2N1CCNCC1.CS(=O)(=O)O.CS(=O)(=O)O. The molecule has 1 fully saturated rings. The molecule has 2 aromatic rings. The molecule has 9 nitrogen and oxygen atoms in total. The first-order valence-electron chi connectivity index (χ1n) is 10.2. The van der Waals surface area contributed by atoms with Crippen molar-refractivity contribution < 1.29 is 30.7 Å². The maximum absolute atomic E-state index is 9.19. The fourth-order valence-electron chi connectivity index (χ4n) is 3.62. The molecule has 0 radical (unpaired) electrons. The number of ether oxygens (including phenoxy) is 1. The normalized spacial score (nSPS) is 18.1. The molecule has 2 aromatic carbocycles. The fourth-order valence-corrected chi connectivity index (χ4v) is 5.02. The van der Waals surface area contributed by atoms with Crippen molar-refractivity contribution in [1.82, 2.24) is 10.2 Å². The molecule has 2 heterocycles. The molecule has 1 unspecified atom stereocenters. The summed E-state index contributed by atoms with van der Waals surface area (Å²) in [6, 6.07) is 13.0. The van der Waals surface area contributed by atoms with Gasteiger partial charge in [-0.05, 0) is 41.8 Å². The van der Waals surface area contributed by atoms with E-state index in [1.165, 1.54) is 20.9 Å². The van der Waals surface area contributed by atoms with Crippen molar-refractivity contribution in [3.05, 3.63) is 52.5 Å². The van der Waals surface area contributed by atoms with Crippen LogP contribution in [0.25, 0.3) is 0 Å². The molecule has 2 aliphatic rings. The molecule has 1 saturated heterocycles. The van der Waals surface area contributed by atoms with E-state index in [4.69, 9.17) is 25.4 Å². The number of nitrogens with one attached hydrogen (secondary N) is 1. The molecule has 2 aliphatic heterocycles. The summed E-state index contributed by atoms with van der Waals surface area (Å²) in [6.45, 7) is 4.24. The summed E-state index contributed by atoms with van der Waals surface area (Å²) in [5, 5.41) is 4.26. The Bertz CT molecular complexity index is 1140. The number of hydrogen-bond donors (Lipinski definition) is 3. The van der Waals surface area contributed by atoms with Gasteiger partial charge in [0.05, 0.1) is 24.5 Å². The third-order valence-corrected chi connectivity index (χ3v) is 6.32. The van der Waals surface area contributed by atoms with Crippen LogP contribution in [0.2, 0.25) is 5.02 Å². The van der Waals surface area contributed by atoms with Gasteiger partial charge in [-0.25, -0.2) is 0 Å². The summed E-state index contributed by atoms with van der Waals surface area (Å²) in [7, 11) is -5.58. The summed E-state index contributed by atoms with van der Waals surface area (Å²) in [5.74, 6) is 0.959. The van der Waals surface area contributed by atoms with E-state index in [0.29, 0.717) is 18.6 Å². The van der Waals surface area contributed by atoms with E-state index in [1.54, 1.807) is 18.9 Å². The minimum absolute atomic E-state index is 0.365. The second kappa shape index (κ2) is 12.5. The maximum atomic E-state index is 9.19. The van der Waals surface area contributed by atoms with E-state index in [0.717, 1.165) is 43.4 Å². The van der Waals surface area contributed by atoms with Crippen LogP contribution in [0, 0.1) is 0 Å². The Morgan fingerprint density at radius 3 is 2.21 bits per heavy atom. The number of halogens is 1. The van der Waals surface area contributed by atoms with Gasteiger partial charge in [-0.3, -0.25) is 14.0 Å². The van der Waals surface area contributed by atoms with Crippen molar-refractivity contribution in [2.45, 2.75) is 22.3 Å². The Morgan fingerprint density at radius 2 is 1.65 bits per heavy atom. The van der Waals surface area contributed by atoms with Gasteiger partial charge < -0.3 is 10.1 Å². The first-order chi connectivity index (χ1) is 15.8. The lowest BCUT2D eigenvalue weighted by Gasteiger charge is -2.35. The van der Waals surface area contributed by atoms with Crippen LogP contribution in [-0.2, 0) is 26.7 Å². The molecule has 0 saturated carbocycles. The molecular weight excluding hydrogens is 524 g/mol. The zero-order valence-corrected chi connectivity index (χ0v) is 22.3. The van der Waals surface area contributed by atoms with Gasteiger partial charge in [-0.15, -0.1) is 0 Å². The van der Waals surface area contributed by atoms with Gasteiger partial charge in [0.15, 0.2) is 0 Å². The highest BCUT2D eigenvalue weighted by atomic mass is 35.5. The standard InChI is InChI=1S/C19H21ClN2OS.2CH4O3S/c1-23-17-4-2-3-15-16(22-9-7-21-8-10-22)12-13-11-14(20)5-6-18(13)24-19(15)17;2*1-5(2,3)4/h2-6,11,16,21H,7-10,12H2,1H3;2*1H3,(H,2,3,4). The van der Waals surface area contributed by atoms with Gasteiger partial charge >= 0.3 is 0 Å². The van der Waals surface area contributed by atoms with Crippen LogP contribution in [0.15, 0.2) is 46.2 Å². The Kier molecular flexibility index (Phi) is 10.6. The lowest BCUT2D eigenvalue weighted by atomic mass is 9.96. The van der Waals surface area contributed by atoms with E-state index in [9.17, 15) is 16.8 Å².